The molecule has 0 aliphatic carbocycles. The van der Waals surface area contributed by atoms with Crippen LogP contribution in [0.4, 0.5) is 10.6 Å². The molecule has 0 N–H and O–H groups in total. The number of carbonyl (C=O) groups is 1. The molecule has 6 nitrogen and oxygen atoms in total. The number of para-hydroxylation sites is 2. The quantitative estimate of drug-likeness (QED) is 0.839. The van der Waals surface area contributed by atoms with Crippen LogP contribution in [0.3, 0.4) is 0 Å². The lowest BCUT2D eigenvalue weighted by molar-refractivity contribution is 0.0269. The average molecular weight is 356 g/mol. The van der Waals surface area contributed by atoms with E-state index in [1.54, 1.807) is 4.90 Å². The van der Waals surface area contributed by atoms with Crippen LogP contribution in [0.5, 0.6) is 0 Å². The lowest BCUT2D eigenvalue weighted by Crippen LogP contribution is -2.43. The SMILES string of the molecule is CN(C[C@H]1CCCN(c2cnc3ccccc3n2)C1)C(=O)OC(C)(C)C. The van der Waals surface area contributed by atoms with Gasteiger partial charge in [-0.1, -0.05) is 12.1 Å². The van der Waals surface area contributed by atoms with Gasteiger partial charge < -0.3 is 14.5 Å². The maximum Gasteiger partial charge on any atom is 0.410 e. The Balaban J connectivity index is 1.64. The summed E-state index contributed by atoms with van der Waals surface area (Å²) in [5.41, 5.74) is 1.36. The number of hydrogen-bond acceptors (Lipinski definition) is 5. The predicted octanol–water partition coefficient (Wildman–Crippen LogP) is 3.71. The summed E-state index contributed by atoms with van der Waals surface area (Å²) >= 11 is 0. The zero-order valence-electron chi connectivity index (χ0n) is 16.1. The van der Waals surface area contributed by atoms with Crippen molar-refractivity contribution in [2.45, 2.75) is 39.2 Å². The van der Waals surface area contributed by atoms with E-state index in [1.807, 2.05) is 58.3 Å². The molecule has 0 bridgehead atoms. The zero-order valence-corrected chi connectivity index (χ0v) is 16.1. The van der Waals surface area contributed by atoms with Gasteiger partial charge in [-0.2, -0.15) is 0 Å². The molecule has 6 heteroatoms. The van der Waals surface area contributed by atoms with Gasteiger partial charge in [-0.05, 0) is 51.7 Å². The number of anilines is 1. The molecule has 1 aliphatic heterocycles. The molecular weight excluding hydrogens is 328 g/mol. The Kier molecular flexibility index (Phi) is 5.30. The normalized spacial score (nSPS) is 18.0. The predicted molar refractivity (Wildman–Crippen MR) is 103 cm³/mol. The van der Waals surface area contributed by atoms with Crippen molar-refractivity contribution in [2.24, 2.45) is 5.92 Å². The Labute approximate surface area is 155 Å². The van der Waals surface area contributed by atoms with Gasteiger partial charge in [-0.15, -0.1) is 0 Å². The molecule has 1 aliphatic rings. The summed E-state index contributed by atoms with van der Waals surface area (Å²) in [4.78, 5) is 25.4. The van der Waals surface area contributed by atoms with Gasteiger partial charge in [0.1, 0.15) is 11.4 Å². The minimum atomic E-state index is -0.468. The first-order chi connectivity index (χ1) is 12.3. The van der Waals surface area contributed by atoms with Crippen molar-refractivity contribution in [1.82, 2.24) is 14.9 Å². The van der Waals surface area contributed by atoms with Crippen molar-refractivity contribution in [2.75, 3.05) is 31.6 Å². The van der Waals surface area contributed by atoms with Crippen molar-refractivity contribution < 1.29 is 9.53 Å². The maximum absolute atomic E-state index is 12.2. The van der Waals surface area contributed by atoms with Crippen LogP contribution in [0.1, 0.15) is 33.6 Å². The number of piperidine rings is 1. The molecule has 0 saturated carbocycles. The number of ether oxygens (including phenoxy) is 1. The lowest BCUT2D eigenvalue weighted by atomic mass is 9.97. The monoisotopic (exact) mass is 356 g/mol. The van der Waals surface area contributed by atoms with Crippen molar-refractivity contribution in [1.29, 1.82) is 0 Å². The van der Waals surface area contributed by atoms with Crippen molar-refractivity contribution >= 4 is 22.9 Å². The van der Waals surface area contributed by atoms with Crippen LogP contribution in [0, 0.1) is 5.92 Å². The summed E-state index contributed by atoms with van der Waals surface area (Å²) in [5.74, 6) is 1.31. The van der Waals surface area contributed by atoms with Crippen LogP contribution in [0.15, 0.2) is 30.5 Å². The Morgan fingerprint density at radius 1 is 1.31 bits per heavy atom. The third-order valence-electron chi connectivity index (χ3n) is 4.52. The molecule has 0 unspecified atom stereocenters. The topological polar surface area (TPSA) is 58.6 Å². The van der Waals surface area contributed by atoms with E-state index in [0.717, 1.165) is 42.8 Å². The molecular formula is C20H28N4O2. The van der Waals surface area contributed by atoms with Gasteiger partial charge in [-0.3, -0.25) is 4.98 Å². The number of aromatic nitrogens is 2. The molecule has 1 atom stereocenters. The van der Waals surface area contributed by atoms with E-state index < -0.39 is 5.60 Å². The molecule has 0 radical (unpaired) electrons. The average Bonchev–Trinajstić information content (AvgIpc) is 2.60. The molecule has 3 rings (SSSR count). The van der Waals surface area contributed by atoms with Gasteiger partial charge in [0.2, 0.25) is 0 Å². The second-order valence-electron chi connectivity index (χ2n) is 8.03. The van der Waals surface area contributed by atoms with Crippen LogP contribution in [0.25, 0.3) is 11.0 Å². The fraction of sp³-hybridized carbons (Fsp3) is 0.550. The Hall–Kier alpha value is -2.37. The number of fused-ring (bicyclic) bond motifs is 1. The van der Waals surface area contributed by atoms with E-state index in [0.29, 0.717) is 12.5 Å². The van der Waals surface area contributed by atoms with Gasteiger partial charge in [0.25, 0.3) is 0 Å². The first kappa shape index (κ1) is 18.4. The Morgan fingerprint density at radius 3 is 2.77 bits per heavy atom. The van der Waals surface area contributed by atoms with Gasteiger partial charge in [-0.25, -0.2) is 9.78 Å². The largest absolute Gasteiger partial charge is 0.444 e. The third-order valence-corrected chi connectivity index (χ3v) is 4.52. The van der Waals surface area contributed by atoms with Crippen LogP contribution < -0.4 is 4.90 Å². The van der Waals surface area contributed by atoms with Crippen LogP contribution in [-0.2, 0) is 4.74 Å². The summed E-state index contributed by atoms with van der Waals surface area (Å²) in [5, 5.41) is 0. The van der Waals surface area contributed by atoms with Crippen molar-refractivity contribution in [3.05, 3.63) is 30.5 Å². The number of carbonyl (C=O) groups excluding carboxylic acids is 1. The fourth-order valence-electron chi connectivity index (χ4n) is 3.32. The van der Waals surface area contributed by atoms with Gasteiger partial charge in [0.15, 0.2) is 0 Å². The third kappa shape index (κ3) is 4.62. The number of nitrogens with zero attached hydrogens (tertiary/aromatic N) is 4. The molecule has 1 aromatic heterocycles. The highest BCUT2D eigenvalue weighted by Crippen LogP contribution is 2.23. The van der Waals surface area contributed by atoms with E-state index in [4.69, 9.17) is 9.72 Å². The minimum Gasteiger partial charge on any atom is -0.444 e. The first-order valence-corrected chi connectivity index (χ1v) is 9.23. The highest BCUT2D eigenvalue weighted by atomic mass is 16.6. The van der Waals surface area contributed by atoms with Crippen molar-refractivity contribution in [3.63, 3.8) is 0 Å². The lowest BCUT2D eigenvalue weighted by Gasteiger charge is -2.35. The summed E-state index contributed by atoms with van der Waals surface area (Å²) in [6.07, 6.45) is 3.77. The number of amides is 1. The summed E-state index contributed by atoms with van der Waals surface area (Å²) in [6, 6.07) is 7.92. The summed E-state index contributed by atoms with van der Waals surface area (Å²) in [6.45, 7) is 8.20. The molecule has 2 heterocycles. The molecule has 1 fully saturated rings. The molecule has 1 amide bonds. The second-order valence-corrected chi connectivity index (χ2v) is 8.03. The smallest absolute Gasteiger partial charge is 0.410 e. The highest BCUT2D eigenvalue weighted by molar-refractivity contribution is 5.75. The van der Waals surface area contributed by atoms with Gasteiger partial charge in [0.05, 0.1) is 17.2 Å². The Bertz CT molecular complexity index is 772. The van der Waals surface area contributed by atoms with E-state index >= 15 is 0 Å². The number of hydrogen-bond donors (Lipinski definition) is 0. The standard InChI is InChI=1S/C20H28N4O2/c1-20(2,3)26-19(25)23(4)13-15-8-7-11-24(14-15)18-12-21-16-9-5-6-10-17(16)22-18/h5-6,9-10,12,15H,7-8,11,13-14H2,1-4H3/t15-/m1/s1. The van der Waals surface area contributed by atoms with Crippen LogP contribution >= 0.6 is 0 Å². The molecule has 1 aromatic carbocycles. The highest BCUT2D eigenvalue weighted by Gasteiger charge is 2.26. The summed E-state index contributed by atoms with van der Waals surface area (Å²) in [7, 11) is 1.81. The number of benzene rings is 1. The van der Waals surface area contributed by atoms with Crippen molar-refractivity contribution in [3.8, 4) is 0 Å². The molecule has 2 aromatic rings. The fourth-order valence-corrected chi connectivity index (χ4v) is 3.32. The molecule has 140 valence electrons. The maximum atomic E-state index is 12.2. The van der Waals surface area contributed by atoms with E-state index in [-0.39, 0.29) is 6.09 Å². The van der Waals surface area contributed by atoms with Crippen LogP contribution in [-0.4, -0.2) is 53.2 Å². The number of rotatable bonds is 3. The van der Waals surface area contributed by atoms with E-state index in [1.165, 1.54) is 0 Å². The van der Waals surface area contributed by atoms with E-state index in [9.17, 15) is 4.79 Å². The molecule has 26 heavy (non-hydrogen) atoms. The van der Waals surface area contributed by atoms with Gasteiger partial charge in [0, 0.05) is 26.7 Å². The van der Waals surface area contributed by atoms with E-state index in [2.05, 4.69) is 9.88 Å². The van der Waals surface area contributed by atoms with Crippen LogP contribution in [0.2, 0.25) is 0 Å². The molecule has 1 saturated heterocycles. The zero-order chi connectivity index (χ0) is 18.7. The first-order valence-electron chi connectivity index (χ1n) is 9.23. The minimum absolute atomic E-state index is 0.264. The second kappa shape index (κ2) is 7.48. The Morgan fingerprint density at radius 2 is 2.04 bits per heavy atom. The van der Waals surface area contributed by atoms with Gasteiger partial charge >= 0.3 is 6.09 Å². The summed E-state index contributed by atoms with van der Waals surface area (Å²) < 4.78 is 5.45. The molecule has 0 spiro atoms.